The van der Waals surface area contributed by atoms with Crippen molar-refractivity contribution in [3.05, 3.63) is 105 Å². The summed E-state index contributed by atoms with van der Waals surface area (Å²) in [5, 5.41) is 19.2. The number of para-hydroxylation sites is 1. The van der Waals surface area contributed by atoms with Crippen molar-refractivity contribution < 1.29 is 14.5 Å². The van der Waals surface area contributed by atoms with Crippen LogP contribution in [0.2, 0.25) is 0 Å². The second-order valence-corrected chi connectivity index (χ2v) is 9.71. The zero-order chi connectivity index (χ0) is 28.3. The van der Waals surface area contributed by atoms with Crippen LogP contribution in [0.5, 0.6) is 0 Å². The van der Waals surface area contributed by atoms with Gasteiger partial charge in [-0.1, -0.05) is 54.6 Å². The van der Waals surface area contributed by atoms with E-state index in [0.29, 0.717) is 11.4 Å². The van der Waals surface area contributed by atoms with Crippen molar-refractivity contribution >= 4 is 23.3 Å². The number of carbonyl (C=O) groups is 2. The number of benzene rings is 3. The second-order valence-electron chi connectivity index (χ2n) is 9.71. The molecule has 0 saturated carbocycles. The maximum Gasteiger partial charge on any atom is 0.273 e. The van der Waals surface area contributed by atoms with Crippen molar-refractivity contribution in [2.24, 2.45) is 0 Å². The standard InChI is InChI=1S/C30H31N5O4/c1-19(2)33(30(37)24-16-15-21(4)26(17-24)35(38)39)18-27(36)31-29-28(23-12-7-6-8-13-23)22(5)32-34(29)25-14-10-9-11-20(25)3/h6-17,19H,18H2,1-5H3,(H,31,36). The van der Waals surface area contributed by atoms with Gasteiger partial charge in [0.05, 0.1) is 16.3 Å². The highest BCUT2D eigenvalue weighted by Gasteiger charge is 2.26. The molecule has 0 spiro atoms. The maximum atomic E-state index is 13.5. The van der Waals surface area contributed by atoms with E-state index in [1.54, 1.807) is 37.6 Å². The lowest BCUT2D eigenvalue weighted by atomic mass is 10.1. The van der Waals surface area contributed by atoms with Gasteiger partial charge in [0.2, 0.25) is 5.91 Å². The number of carbonyl (C=O) groups excluding carboxylic acids is 2. The summed E-state index contributed by atoms with van der Waals surface area (Å²) in [5.41, 5.74) is 4.69. The Bertz CT molecular complexity index is 1540. The molecule has 0 fully saturated rings. The average molecular weight is 526 g/mol. The molecule has 0 atom stereocenters. The molecule has 3 aromatic carbocycles. The second kappa shape index (κ2) is 11.3. The number of aryl methyl sites for hydroxylation is 3. The Morgan fingerprint density at radius 3 is 2.28 bits per heavy atom. The highest BCUT2D eigenvalue weighted by Crippen LogP contribution is 2.34. The van der Waals surface area contributed by atoms with Gasteiger partial charge in [-0.25, -0.2) is 4.68 Å². The van der Waals surface area contributed by atoms with Crippen molar-refractivity contribution in [1.29, 1.82) is 0 Å². The summed E-state index contributed by atoms with van der Waals surface area (Å²) >= 11 is 0. The molecule has 2 amide bonds. The van der Waals surface area contributed by atoms with Crippen LogP contribution in [0.1, 0.15) is 41.0 Å². The van der Waals surface area contributed by atoms with Gasteiger partial charge in [0.15, 0.2) is 0 Å². The number of rotatable bonds is 8. The molecule has 39 heavy (non-hydrogen) atoms. The monoisotopic (exact) mass is 525 g/mol. The first-order chi connectivity index (χ1) is 18.6. The van der Waals surface area contributed by atoms with Gasteiger partial charge in [0, 0.05) is 28.8 Å². The van der Waals surface area contributed by atoms with E-state index in [1.165, 1.54) is 11.0 Å². The number of nitrogens with one attached hydrogen (secondary N) is 1. The SMILES string of the molecule is Cc1ccccc1-n1nc(C)c(-c2ccccc2)c1NC(=O)CN(C(=O)c1ccc(C)c([N+](=O)[O-])c1)C(C)C. The van der Waals surface area contributed by atoms with Gasteiger partial charge < -0.3 is 10.2 Å². The molecular weight excluding hydrogens is 494 g/mol. The highest BCUT2D eigenvalue weighted by atomic mass is 16.6. The summed E-state index contributed by atoms with van der Waals surface area (Å²) in [4.78, 5) is 39.2. The van der Waals surface area contributed by atoms with Crippen molar-refractivity contribution in [2.45, 2.75) is 40.7 Å². The van der Waals surface area contributed by atoms with E-state index in [2.05, 4.69) is 5.32 Å². The molecule has 0 radical (unpaired) electrons. The van der Waals surface area contributed by atoms with Gasteiger partial charge in [-0.15, -0.1) is 0 Å². The van der Waals surface area contributed by atoms with Crippen molar-refractivity contribution in [2.75, 3.05) is 11.9 Å². The predicted octanol–water partition coefficient (Wildman–Crippen LogP) is 5.86. The number of anilines is 1. The van der Waals surface area contributed by atoms with Crippen LogP contribution >= 0.6 is 0 Å². The summed E-state index contributed by atoms with van der Waals surface area (Å²) in [6.45, 7) is 8.82. The highest BCUT2D eigenvalue weighted by molar-refractivity contribution is 6.01. The third kappa shape index (κ3) is 5.72. The van der Waals surface area contributed by atoms with Crippen molar-refractivity contribution in [3.8, 4) is 16.8 Å². The van der Waals surface area contributed by atoms with Crippen LogP contribution in [0.3, 0.4) is 0 Å². The van der Waals surface area contributed by atoms with Crippen LogP contribution in [-0.4, -0.2) is 44.0 Å². The van der Waals surface area contributed by atoms with Crippen LogP contribution in [0, 0.1) is 30.9 Å². The first-order valence-corrected chi connectivity index (χ1v) is 12.7. The summed E-state index contributed by atoms with van der Waals surface area (Å²) < 4.78 is 1.72. The number of nitro groups is 1. The van der Waals surface area contributed by atoms with Gasteiger partial charge >= 0.3 is 0 Å². The van der Waals surface area contributed by atoms with Crippen LogP contribution in [0.25, 0.3) is 16.8 Å². The Morgan fingerprint density at radius 2 is 1.64 bits per heavy atom. The number of nitrogens with zero attached hydrogens (tertiary/aromatic N) is 4. The molecule has 0 aliphatic carbocycles. The lowest BCUT2D eigenvalue weighted by Gasteiger charge is -2.26. The zero-order valence-electron chi connectivity index (χ0n) is 22.6. The quantitative estimate of drug-likeness (QED) is 0.229. The van der Waals surface area contributed by atoms with E-state index in [-0.39, 0.29) is 23.8 Å². The van der Waals surface area contributed by atoms with Crippen molar-refractivity contribution in [3.63, 3.8) is 0 Å². The fraction of sp³-hybridized carbons (Fsp3) is 0.233. The first-order valence-electron chi connectivity index (χ1n) is 12.7. The molecule has 0 aliphatic rings. The van der Waals surface area contributed by atoms with E-state index in [9.17, 15) is 19.7 Å². The Hall–Kier alpha value is -4.79. The molecule has 200 valence electrons. The summed E-state index contributed by atoms with van der Waals surface area (Å²) in [5.74, 6) is -0.374. The Kier molecular flexibility index (Phi) is 7.90. The van der Waals surface area contributed by atoms with Gasteiger partial charge in [0.1, 0.15) is 12.4 Å². The van der Waals surface area contributed by atoms with E-state index in [4.69, 9.17) is 5.10 Å². The molecule has 0 saturated heterocycles. The molecule has 1 aromatic heterocycles. The topological polar surface area (TPSA) is 110 Å². The van der Waals surface area contributed by atoms with Crippen LogP contribution in [0.15, 0.2) is 72.8 Å². The lowest BCUT2D eigenvalue weighted by molar-refractivity contribution is -0.385. The maximum absolute atomic E-state index is 13.5. The number of hydrogen-bond acceptors (Lipinski definition) is 5. The third-order valence-corrected chi connectivity index (χ3v) is 6.58. The van der Waals surface area contributed by atoms with Crippen LogP contribution in [0.4, 0.5) is 11.5 Å². The first kappa shape index (κ1) is 27.3. The number of nitro benzene ring substituents is 1. The van der Waals surface area contributed by atoms with Gasteiger partial charge in [-0.2, -0.15) is 5.10 Å². The summed E-state index contributed by atoms with van der Waals surface area (Å²) in [6, 6.07) is 21.4. The summed E-state index contributed by atoms with van der Waals surface area (Å²) in [7, 11) is 0. The molecule has 9 heteroatoms. The largest absolute Gasteiger partial charge is 0.327 e. The Morgan fingerprint density at radius 1 is 0.974 bits per heavy atom. The molecule has 4 aromatic rings. The van der Waals surface area contributed by atoms with E-state index < -0.39 is 16.7 Å². The molecule has 0 aliphatic heterocycles. The van der Waals surface area contributed by atoms with Crippen LogP contribution in [-0.2, 0) is 4.79 Å². The van der Waals surface area contributed by atoms with E-state index in [1.807, 2.05) is 68.4 Å². The fourth-order valence-corrected chi connectivity index (χ4v) is 4.49. The third-order valence-electron chi connectivity index (χ3n) is 6.58. The fourth-order valence-electron chi connectivity index (χ4n) is 4.49. The molecule has 1 N–H and O–H groups in total. The zero-order valence-corrected chi connectivity index (χ0v) is 22.6. The van der Waals surface area contributed by atoms with Gasteiger partial charge in [0.25, 0.3) is 11.6 Å². The van der Waals surface area contributed by atoms with Crippen molar-refractivity contribution in [1.82, 2.24) is 14.7 Å². The average Bonchev–Trinajstić information content (AvgIpc) is 3.22. The van der Waals surface area contributed by atoms with E-state index >= 15 is 0 Å². The van der Waals surface area contributed by atoms with Crippen LogP contribution < -0.4 is 5.32 Å². The molecule has 1 heterocycles. The summed E-state index contributed by atoms with van der Waals surface area (Å²) in [6.07, 6.45) is 0. The molecule has 0 unspecified atom stereocenters. The Labute approximate surface area is 227 Å². The van der Waals surface area contributed by atoms with Gasteiger partial charge in [-0.05, 0) is 57.9 Å². The lowest BCUT2D eigenvalue weighted by Crippen LogP contribution is -2.42. The normalized spacial score (nSPS) is 10.9. The Balaban J connectivity index is 1.70. The number of hydrogen-bond donors (Lipinski definition) is 1. The number of aromatic nitrogens is 2. The van der Waals surface area contributed by atoms with Gasteiger partial charge in [-0.3, -0.25) is 19.7 Å². The molecule has 0 bridgehead atoms. The minimum atomic E-state index is -0.515. The number of amides is 2. The minimum absolute atomic E-state index is 0.140. The van der Waals surface area contributed by atoms with E-state index in [0.717, 1.165) is 28.1 Å². The predicted molar refractivity (Wildman–Crippen MR) is 151 cm³/mol. The minimum Gasteiger partial charge on any atom is -0.327 e. The smallest absolute Gasteiger partial charge is 0.273 e. The molecule has 4 rings (SSSR count). The molecule has 9 nitrogen and oxygen atoms in total. The molecular formula is C30H31N5O4.